The second-order valence-corrected chi connectivity index (χ2v) is 6.44. The molecule has 0 amide bonds. The molecule has 0 unspecified atom stereocenters. The maximum Gasteiger partial charge on any atom is 0.142 e. The molecule has 0 aromatic carbocycles. The van der Waals surface area contributed by atoms with Gasteiger partial charge < -0.3 is 4.90 Å². The normalized spacial score (nSPS) is 19.9. The van der Waals surface area contributed by atoms with Crippen LogP contribution in [0.1, 0.15) is 26.7 Å². The minimum absolute atomic E-state index is 0.374. The minimum atomic E-state index is 0.374. The number of aromatic nitrogens is 1. The molecular weight excluding hydrogens is 288 g/mol. The van der Waals surface area contributed by atoms with Gasteiger partial charge in [0.05, 0.1) is 9.50 Å². The Kier molecular flexibility index (Phi) is 3.45. The number of pyridine rings is 1. The Balaban J connectivity index is 2.23. The quantitative estimate of drug-likeness (QED) is 0.775. The van der Waals surface area contributed by atoms with Crippen LogP contribution in [0.4, 0.5) is 5.82 Å². The summed E-state index contributed by atoms with van der Waals surface area (Å²) in [6.45, 7) is 6.75. The first-order valence-corrected chi connectivity index (χ1v) is 6.71. The van der Waals surface area contributed by atoms with Crippen molar-refractivity contribution in [2.75, 3.05) is 18.0 Å². The van der Waals surface area contributed by atoms with Crippen molar-refractivity contribution in [1.29, 1.82) is 0 Å². The molecule has 1 aliphatic heterocycles. The van der Waals surface area contributed by atoms with Crippen LogP contribution < -0.4 is 4.90 Å². The second kappa shape index (κ2) is 4.53. The van der Waals surface area contributed by atoms with Crippen LogP contribution in [0.2, 0.25) is 5.02 Å². The molecule has 1 fully saturated rings. The summed E-state index contributed by atoms with van der Waals surface area (Å²) in [7, 11) is 0. The van der Waals surface area contributed by atoms with Crippen LogP contribution in [-0.4, -0.2) is 18.1 Å². The smallest absolute Gasteiger partial charge is 0.142 e. The van der Waals surface area contributed by atoms with Crippen molar-refractivity contribution in [2.24, 2.45) is 5.41 Å². The Morgan fingerprint density at radius 3 is 2.88 bits per heavy atom. The van der Waals surface area contributed by atoms with E-state index >= 15 is 0 Å². The predicted octanol–water partition coefficient (Wildman–Crippen LogP) is 4.12. The molecule has 1 saturated heterocycles. The first-order chi connectivity index (χ1) is 7.48. The van der Waals surface area contributed by atoms with Crippen molar-refractivity contribution in [3.63, 3.8) is 0 Å². The Morgan fingerprint density at radius 1 is 1.50 bits per heavy atom. The van der Waals surface area contributed by atoms with E-state index in [9.17, 15) is 0 Å². The van der Waals surface area contributed by atoms with Gasteiger partial charge in [-0.3, -0.25) is 0 Å². The molecule has 0 saturated carbocycles. The molecule has 1 aromatic heterocycles. The summed E-state index contributed by atoms with van der Waals surface area (Å²) < 4.78 is 0.984. The van der Waals surface area contributed by atoms with E-state index < -0.39 is 0 Å². The molecular formula is C12H16BrClN2. The van der Waals surface area contributed by atoms with Crippen LogP contribution in [0.15, 0.2) is 16.7 Å². The standard InChI is InChI=1S/C12H16BrClN2/c1-12(2)4-3-5-16(8-12)11-10(13)6-9(14)7-15-11/h6-7H,3-5,8H2,1-2H3. The Hall–Kier alpha value is -0.280. The number of rotatable bonds is 1. The lowest BCUT2D eigenvalue weighted by molar-refractivity contribution is 0.292. The van der Waals surface area contributed by atoms with Gasteiger partial charge in [0.15, 0.2) is 0 Å². The van der Waals surface area contributed by atoms with Gasteiger partial charge in [-0.2, -0.15) is 0 Å². The lowest BCUT2D eigenvalue weighted by atomic mass is 9.84. The molecule has 2 nitrogen and oxygen atoms in total. The summed E-state index contributed by atoms with van der Waals surface area (Å²) in [6, 6.07) is 1.91. The van der Waals surface area contributed by atoms with Crippen LogP contribution in [0, 0.1) is 5.41 Å². The molecule has 0 N–H and O–H groups in total. The van der Waals surface area contributed by atoms with Gasteiger partial charge in [-0.25, -0.2) is 4.98 Å². The summed E-state index contributed by atoms with van der Waals surface area (Å²) in [5.41, 5.74) is 0.374. The van der Waals surface area contributed by atoms with Gasteiger partial charge in [0, 0.05) is 19.3 Å². The maximum atomic E-state index is 5.90. The molecule has 2 rings (SSSR count). The zero-order valence-electron chi connectivity index (χ0n) is 9.63. The highest BCUT2D eigenvalue weighted by Gasteiger charge is 2.27. The third-order valence-corrected chi connectivity index (χ3v) is 3.78. The third-order valence-electron chi connectivity index (χ3n) is 2.99. The van der Waals surface area contributed by atoms with Crippen molar-refractivity contribution in [1.82, 2.24) is 4.98 Å². The molecule has 0 atom stereocenters. The van der Waals surface area contributed by atoms with Crippen LogP contribution >= 0.6 is 27.5 Å². The molecule has 88 valence electrons. The summed E-state index contributed by atoms with van der Waals surface area (Å²) in [4.78, 5) is 6.75. The highest BCUT2D eigenvalue weighted by Crippen LogP contribution is 2.34. The van der Waals surface area contributed by atoms with Crippen LogP contribution in [0.5, 0.6) is 0 Å². The SMILES string of the molecule is CC1(C)CCCN(c2ncc(Cl)cc2Br)C1. The number of piperidine rings is 1. The van der Waals surface area contributed by atoms with E-state index in [0.717, 1.165) is 23.4 Å². The van der Waals surface area contributed by atoms with Gasteiger partial charge in [0.25, 0.3) is 0 Å². The lowest BCUT2D eigenvalue weighted by Crippen LogP contribution is -2.40. The van der Waals surface area contributed by atoms with Gasteiger partial charge in [-0.15, -0.1) is 0 Å². The van der Waals surface area contributed by atoms with Crippen molar-refractivity contribution in [2.45, 2.75) is 26.7 Å². The highest BCUT2D eigenvalue weighted by atomic mass is 79.9. The molecule has 0 radical (unpaired) electrons. The molecule has 2 heterocycles. The minimum Gasteiger partial charge on any atom is -0.355 e. The number of hydrogen-bond donors (Lipinski definition) is 0. The Morgan fingerprint density at radius 2 is 2.25 bits per heavy atom. The number of hydrogen-bond acceptors (Lipinski definition) is 2. The van der Waals surface area contributed by atoms with E-state index in [1.807, 2.05) is 6.07 Å². The Bertz CT molecular complexity index is 393. The predicted molar refractivity (Wildman–Crippen MR) is 72.2 cm³/mol. The second-order valence-electron chi connectivity index (χ2n) is 5.15. The topological polar surface area (TPSA) is 16.1 Å². The van der Waals surface area contributed by atoms with Crippen LogP contribution in [-0.2, 0) is 0 Å². The van der Waals surface area contributed by atoms with E-state index in [1.54, 1.807) is 6.20 Å². The van der Waals surface area contributed by atoms with Gasteiger partial charge in [-0.05, 0) is 40.3 Å². The van der Waals surface area contributed by atoms with Crippen LogP contribution in [0.3, 0.4) is 0 Å². The molecule has 0 bridgehead atoms. The molecule has 1 aliphatic rings. The summed E-state index contributed by atoms with van der Waals surface area (Å²) >= 11 is 9.43. The summed E-state index contributed by atoms with van der Waals surface area (Å²) in [5.74, 6) is 1.01. The summed E-state index contributed by atoms with van der Waals surface area (Å²) in [6.07, 6.45) is 4.22. The van der Waals surface area contributed by atoms with E-state index in [1.165, 1.54) is 12.8 Å². The van der Waals surface area contributed by atoms with E-state index in [-0.39, 0.29) is 0 Å². The lowest BCUT2D eigenvalue weighted by Gasteiger charge is -2.39. The van der Waals surface area contributed by atoms with Gasteiger partial charge in [0.2, 0.25) is 0 Å². The number of anilines is 1. The van der Waals surface area contributed by atoms with Gasteiger partial charge in [0.1, 0.15) is 5.82 Å². The fourth-order valence-electron chi connectivity index (χ4n) is 2.24. The third kappa shape index (κ3) is 2.69. The van der Waals surface area contributed by atoms with E-state index in [2.05, 4.69) is 39.7 Å². The highest BCUT2D eigenvalue weighted by molar-refractivity contribution is 9.10. The largest absolute Gasteiger partial charge is 0.355 e. The Labute approximate surface area is 110 Å². The van der Waals surface area contributed by atoms with Gasteiger partial charge >= 0.3 is 0 Å². The van der Waals surface area contributed by atoms with Crippen molar-refractivity contribution >= 4 is 33.3 Å². The zero-order chi connectivity index (χ0) is 11.8. The van der Waals surface area contributed by atoms with Gasteiger partial charge in [-0.1, -0.05) is 25.4 Å². The first-order valence-electron chi connectivity index (χ1n) is 5.54. The maximum absolute atomic E-state index is 5.90. The van der Waals surface area contributed by atoms with Crippen molar-refractivity contribution in [3.8, 4) is 0 Å². The molecule has 16 heavy (non-hydrogen) atoms. The first kappa shape index (κ1) is 12.2. The number of halogens is 2. The molecule has 0 spiro atoms. The fourth-order valence-corrected chi connectivity index (χ4v) is 3.13. The molecule has 1 aromatic rings. The molecule has 0 aliphatic carbocycles. The summed E-state index contributed by atoms with van der Waals surface area (Å²) in [5, 5.41) is 0.673. The average molecular weight is 304 g/mol. The molecule has 4 heteroatoms. The van der Waals surface area contributed by atoms with Crippen LogP contribution in [0.25, 0.3) is 0 Å². The number of nitrogens with zero attached hydrogens (tertiary/aromatic N) is 2. The monoisotopic (exact) mass is 302 g/mol. The average Bonchev–Trinajstić information content (AvgIpc) is 2.15. The van der Waals surface area contributed by atoms with Crippen molar-refractivity contribution < 1.29 is 0 Å². The van der Waals surface area contributed by atoms with Crippen molar-refractivity contribution in [3.05, 3.63) is 21.8 Å². The van der Waals surface area contributed by atoms with E-state index in [0.29, 0.717) is 10.4 Å². The fraction of sp³-hybridized carbons (Fsp3) is 0.583. The zero-order valence-corrected chi connectivity index (χ0v) is 12.0. The van der Waals surface area contributed by atoms with E-state index in [4.69, 9.17) is 11.6 Å².